The lowest BCUT2D eigenvalue weighted by atomic mass is 10.1. The van der Waals surface area contributed by atoms with Crippen molar-refractivity contribution in [3.8, 4) is 23.0 Å². The second-order valence-electron chi connectivity index (χ2n) is 5.01. The van der Waals surface area contributed by atoms with Crippen molar-refractivity contribution in [3.63, 3.8) is 0 Å². The van der Waals surface area contributed by atoms with Crippen LogP contribution in [0.1, 0.15) is 12.5 Å². The second kappa shape index (κ2) is 7.31. The number of sulfonamides is 1. The molecule has 2 aromatic carbocycles. The Bertz CT molecular complexity index is 909. The van der Waals surface area contributed by atoms with Crippen LogP contribution < -0.4 is 14.3 Å². The number of benzene rings is 2. The van der Waals surface area contributed by atoms with Crippen LogP contribution in [0.4, 0.5) is 0 Å². The Labute approximate surface area is 145 Å². The molecule has 0 spiro atoms. The zero-order valence-corrected chi connectivity index (χ0v) is 14.7. The van der Waals surface area contributed by atoms with E-state index in [1.807, 2.05) is 0 Å². The van der Waals surface area contributed by atoms with Crippen molar-refractivity contribution in [2.45, 2.75) is 11.8 Å². The first-order valence-electron chi connectivity index (χ1n) is 7.09. The number of hydrazone groups is 1. The van der Waals surface area contributed by atoms with Crippen molar-refractivity contribution in [3.05, 3.63) is 42.0 Å². The van der Waals surface area contributed by atoms with Gasteiger partial charge in [-0.3, -0.25) is 0 Å². The monoisotopic (exact) mass is 366 g/mol. The molecule has 2 aromatic rings. The van der Waals surface area contributed by atoms with Crippen molar-refractivity contribution < 1.29 is 28.1 Å². The lowest BCUT2D eigenvalue weighted by Crippen LogP contribution is -2.20. The van der Waals surface area contributed by atoms with Gasteiger partial charge in [0, 0.05) is 11.6 Å². The van der Waals surface area contributed by atoms with Gasteiger partial charge in [0.2, 0.25) is 0 Å². The number of ether oxygens (including phenoxy) is 2. The van der Waals surface area contributed by atoms with Crippen LogP contribution in [0.25, 0.3) is 0 Å². The number of phenols is 2. The molecule has 0 fully saturated rings. The Balaban J connectivity index is 2.31. The highest BCUT2D eigenvalue weighted by Crippen LogP contribution is 2.29. The minimum atomic E-state index is -3.96. The van der Waals surface area contributed by atoms with Gasteiger partial charge < -0.3 is 19.7 Å². The lowest BCUT2D eigenvalue weighted by molar-refractivity contribution is 0.354. The average molecular weight is 366 g/mol. The minimum Gasteiger partial charge on any atom is -0.508 e. The van der Waals surface area contributed by atoms with Crippen molar-refractivity contribution in [2.24, 2.45) is 5.10 Å². The number of hydrogen-bond acceptors (Lipinski definition) is 7. The number of nitrogens with one attached hydrogen (secondary N) is 1. The zero-order valence-electron chi connectivity index (χ0n) is 13.8. The SMILES string of the molecule is COc1ccc(S(=O)(=O)NN=C(C)c2cc(O)ccc2O)cc1OC. The van der Waals surface area contributed by atoms with Crippen LogP contribution in [0.15, 0.2) is 46.4 Å². The molecule has 0 bridgehead atoms. The van der Waals surface area contributed by atoms with Gasteiger partial charge >= 0.3 is 0 Å². The summed E-state index contributed by atoms with van der Waals surface area (Å²) in [6, 6.07) is 7.98. The van der Waals surface area contributed by atoms with Gasteiger partial charge in [0.1, 0.15) is 11.5 Å². The predicted octanol–water partition coefficient (Wildman–Crippen LogP) is 1.82. The molecule has 0 aliphatic carbocycles. The van der Waals surface area contributed by atoms with Crippen molar-refractivity contribution in [1.29, 1.82) is 0 Å². The van der Waals surface area contributed by atoms with E-state index < -0.39 is 10.0 Å². The van der Waals surface area contributed by atoms with Crippen LogP contribution in [0, 0.1) is 0 Å². The lowest BCUT2D eigenvalue weighted by Gasteiger charge is -2.10. The zero-order chi connectivity index (χ0) is 18.6. The third-order valence-electron chi connectivity index (χ3n) is 3.37. The minimum absolute atomic E-state index is 0.0677. The first-order chi connectivity index (χ1) is 11.8. The topological polar surface area (TPSA) is 117 Å². The summed E-state index contributed by atoms with van der Waals surface area (Å²) in [7, 11) is -1.12. The van der Waals surface area contributed by atoms with Gasteiger partial charge in [-0.05, 0) is 37.3 Å². The predicted molar refractivity (Wildman–Crippen MR) is 91.9 cm³/mol. The molecule has 0 saturated heterocycles. The van der Waals surface area contributed by atoms with Crippen LogP contribution >= 0.6 is 0 Å². The Morgan fingerprint density at radius 1 is 1.04 bits per heavy atom. The fourth-order valence-corrected chi connectivity index (χ4v) is 2.91. The molecule has 0 aliphatic rings. The maximum absolute atomic E-state index is 12.4. The van der Waals surface area contributed by atoms with E-state index >= 15 is 0 Å². The number of rotatable bonds is 6. The second-order valence-corrected chi connectivity index (χ2v) is 6.67. The summed E-state index contributed by atoms with van der Waals surface area (Å²) in [4.78, 5) is 2.01. The number of phenolic OH excluding ortho intramolecular Hbond substituents is 2. The number of aromatic hydroxyl groups is 2. The fourth-order valence-electron chi connectivity index (χ4n) is 2.04. The summed E-state index contributed by atoms with van der Waals surface area (Å²) in [6.45, 7) is 1.49. The Morgan fingerprint density at radius 2 is 1.72 bits per heavy atom. The number of methoxy groups -OCH3 is 2. The van der Waals surface area contributed by atoms with E-state index in [4.69, 9.17) is 9.47 Å². The number of hydrogen-bond donors (Lipinski definition) is 3. The normalized spacial score (nSPS) is 11.9. The van der Waals surface area contributed by atoms with E-state index in [-0.39, 0.29) is 33.4 Å². The molecule has 3 N–H and O–H groups in total. The van der Waals surface area contributed by atoms with Crippen molar-refractivity contribution >= 4 is 15.7 Å². The van der Waals surface area contributed by atoms with Gasteiger partial charge in [-0.25, -0.2) is 0 Å². The molecule has 134 valence electrons. The highest BCUT2D eigenvalue weighted by Gasteiger charge is 2.17. The quantitative estimate of drug-likeness (QED) is 0.408. The van der Waals surface area contributed by atoms with E-state index in [0.29, 0.717) is 5.75 Å². The van der Waals surface area contributed by atoms with Gasteiger partial charge in [0.05, 0.1) is 24.8 Å². The van der Waals surface area contributed by atoms with E-state index in [0.717, 1.165) is 0 Å². The summed E-state index contributed by atoms with van der Waals surface area (Å²) in [6.07, 6.45) is 0. The molecule has 0 unspecified atom stereocenters. The van der Waals surface area contributed by atoms with Crippen molar-refractivity contribution in [1.82, 2.24) is 4.83 Å². The molecule has 9 heteroatoms. The summed E-state index contributed by atoms with van der Waals surface area (Å²) in [5.74, 6) is 0.442. The molecule has 0 atom stereocenters. The van der Waals surface area contributed by atoms with Crippen LogP contribution in [0.5, 0.6) is 23.0 Å². The fraction of sp³-hybridized carbons (Fsp3) is 0.188. The Hall–Kier alpha value is -2.94. The summed E-state index contributed by atoms with van der Waals surface area (Å²) in [5.41, 5.74) is 0.382. The van der Waals surface area contributed by atoms with E-state index in [1.165, 1.54) is 57.5 Å². The standard InChI is InChI=1S/C16H18N2O6S/c1-10(13-8-11(19)4-6-14(13)20)17-18-25(21,22)12-5-7-15(23-2)16(9-12)24-3/h4-9,18-20H,1-3H3. The maximum Gasteiger partial charge on any atom is 0.276 e. The third-order valence-corrected chi connectivity index (χ3v) is 4.57. The Morgan fingerprint density at radius 3 is 2.36 bits per heavy atom. The molecular weight excluding hydrogens is 348 g/mol. The van der Waals surface area contributed by atoms with Gasteiger partial charge in [-0.2, -0.15) is 18.4 Å². The highest BCUT2D eigenvalue weighted by molar-refractivity contribution is 7.89. The molecule has 0 radical (unpaired) electrons. The molecule has 8 nitrogen and oxygen atoms in total. The third kappa shape index (κ3) is 4.13. The van der Waals surface area contributed by atoms with Crippen LogP contribution in [0.3, 0.4) is 0 Å². The van der Waals surface area contributed by atoms with Gasteiger partial charge in [0.15, 0.2) is 11.5 Å². The van der Waals surface area contributed by atoms with Gasteiger partial charge in [0.25, 0.3) is 10.0 Å². The van der Waals surface area contributed by atoms with E-state index in [2.05, 4.69) is 9.93 Å². The van der Waals surface area contributed by atoms with Crippen LogP contribution in [0.2, 0.25) is 0 Å². The molecule has 25 heavy (non-hydrogen) atoms. The first-order valence-corrected chi connectivity index (χ1v) is 8.57. The van der Waals surface area contributed by atoms with E-state index in [1.54, 1.807) is 0 Å². The van der Waals surface area contributed by atoms with Gasteiger partial charge in [-0.1, -0.05) is 0 Å². The van der Waals surface area contributed by atoms with Crippen molar-refractivity contribution in [2.75, 3.05) is 14.2 Å². The summed E-state index contributed by atoms with van der Waals surface area (Å²) in [5, 5.41) is 23.0. The molecule has 0 heterocycles. The molecule has 0 aromatic heterocycles. The highest BCUT2D eigenvalue weighted by atomic mass is 32.2. The molecular formula is C16H18N2O6S. The van der Waals surface area contributed by atoms with Crippen LogP contribution in [-0.2, 0) is 10.0 Å². The summed E-state index contributed by atoms with van der Waals surface area (Å²) >= 11 is 0. The summed E-state index contributed by atoms with van der Waals surface area (Å²) < 4.78 is 34.9. The van der Waals surface area contributed by atoms with Crippen LogP contribution in [-0.4, -0.2) is 38.6 Å². The van der Waals surface area contributed by atoms with E-state index in [9.17, 15) is 18.6 Å². The molecule has 0 amide bonds. The first kappa shape index (κ1) is 18.4. The van der Waals surface area contributed by atoms with Gasteiger partial charge in [-0.15, -0.1) is 0 Å². The molecule has 2 rings (SSSR count). The smallest absolute Gasteiger partial charge is 0.276 e. The maximum atomic E-state index is 12.4. The number of nitrogens with zero attached hydrogens (tertiary/aromatic N) is 1. The largest absolute Gasteiger partial charge is 0.508 e. The molecule has 0 saturated carbocycles. The molecule has 0 aliphatic heterocycles. The average Bonchev–Trinajstić information content (AvgIpc) is 2.61. The Kier molecular flexibility index (Phi) is 5.38.